The fourth-order valence-electron chi connectivity index (χ4n) is 2.06. The summed E-state index contributed by atoms with van der Waals surface area (Å²) in [6, 6.07) is 10.8. The van der Waals surface area contributed by atoms with E-state index < -0.39 is 5.97 Å². The van der Waals surface area contributed by atoms with E-state index in [-0.39, 0.29) is 5.56 Å². The van der Waals surface area contributed by atoms with Crippen molar-refractivity contribution in [3.63, 3.8) is 0 Å². The minimum atomic E-state index is -1.00. The highest BCUT2D eigenvalue weighted by molar-refractivity contribution is 7.99. The first-order chi connectivity index (χ1) is 10.0. The summed E-state index contributed by atoms with van der Waals surface area (Å²) in [7, 11) is 0. The van der Waals surface area contributed by atoms with Crippen LogP contribution in [0.25, 0.3) is 11.0 Å². The number of nitrogens with one attached hydrogen (secondary N) is 1. The monoisotopic (exact) mass is 299 g/mol. The molecule has 0 saturated heterocycles. The summed E-state index contributed by atoms with van der Waals surface area (Å²) in [6.07, 6.45) is 0. The standard InChI is InChI=1S/C15H13N3O2S/c1-8-2-4-11-12(6-8)18-15(17-11)21-13-5-3-9(16)7-10(13)14(19)20/h2-7H,16H2,1H3,(H,17,18)(H,19,20). The Balaban J connectivity index is 2.00. The van der Waals surface area contributed by atoms with E-state index in [1.165, 1.54) is 17.8 Å². The van der Waals surface area contributed by atoms with Gasteiger partial charge in [-0.3, -0.25) is 0 Å². The first-order valence-electron chi connectivity index (χ1n) is 6.30. The van der Waals surface area contributed by atoms with Gasteiger partial charge in [0.1, 0.15) is 0 Å². The van der Waals surface area contributed by atoms with Crippen LogP contribution >= 0.6 is 11.8 Å². The predicted molar refractivity (Wildman–Crippen MR) is 82.8 cm³/mol. The fourth-order valence-corrected chi connectivity index (χ4v) is 2.96. The van der Waals surface area contributed by atoms with Crippen molar-refractivity contribution in [3.05, 3.63) is 47.5 Å². The minimum absolute atomic E-state index is 0.177. The zero-order valence-corrected chi connectivity index (χ0v) is 12.1. The van der Waals surface area contributed by atoms with Crippen molar-refractivity contribution in [2.45, 2.75) is 17.0 Å². The average Bonchev–Trinajstić information content (AvgIpc) is 2.82. The van der Waals surface area contributed by atoms with Gasteiger partial charge in [0, 0.05) is 10.6 Å². The van der Waals surface area contributed by atoms with Crippen LogP contribution < -0.4 is 5.73 Å². The van der Waals surface area contributed by atoms with Gasteiger partial charge in [-0.2, -0.15) is 0 Å². The zero-order chi connectivity index (χ0) is 15.0. The molecule has 0 atom stereocenters. The summed E-state index contributed by atoms with van der Waals surface area (Å²) < 4.78 is 0. The molecule has 2 aromatic carbocycles. The molecule has 0 amide bonds. The normalized spacial score (nSPS) is 10.9. The van der Waals surface area contributed by atoms with Crippen LogP contribution in [0.3, 0.4) is 0 Å². The Labute approximate surface area is 125 Å². The van der Waals surface area contributed by atoms with Crippen molar-refractivity contribution >= 4 is 34.5 Å². The number of fused-ring (bicyclic) bond motifs is 1. The molecule has 3 aromatic rings. The predicted octanol–water partition coefficient (Wildman–Crippen LogP) is 3.30. The van der Waals surface area contributed by atoms with Gasteiger partial charge in [-0.25, -0.2) is 9.78 Å². The van der Waals surface area contributed by atoms with Crippen molar-refractivity contribution in [2.24, 2.45) is 0 Å². The average molecular weight is 299 g/mol. The number of carbonyl (C=O) groups is 1. The SMILES string of the molecule is Cc1ccc2nc(Sc3ccc(N)cc3C(=O)O)[nH]c2c1. The lowest BCUT2D eigenvalue weighted by atomic mass is 10.2. The van der Waals surface area contributed by atoms with Crippen molar-refractivity contribution < 1.29 is 9.90 Å². The molecule has 0 bridgehead atoms. The molecule has 0 aliphatic heterocycles. The van der Waals surface area contributed by atoms with E-state index in [0.29, 0.717) is 15.7 Å². The smallest absolute Gasteiger partial charge is 0.336 e. The third kappa shape index (κ3) is 2.71. The second-order valence-corrected chi connectivity index (χ2v) is 5.76. The van der Waals surface area contributed by atoms with E-state index in [1.54, 1.807) is 12.1 Å². The van der Waals surface area contributed by atoms with Gasteiger partial charge in [-0.1, -0.05) is 17.8 Å². The van der Waals surface area contributed by atoms with E-state index >= 15 is 0 Å². The first-order valence-corrected chi connectivity index (χ1v) is 7.11. The van der Waals surface area contributed by atoms with Crippen molar-refractivity contribution in [3.8, 4) is 0 Å². The molecule has 0 aliphatic carbocycles. The van der Waals surface area contributed by atoms with Crippen molar-refractivity contribution in [2.75, 3.05) is 5.73 Å². The van der Waals surface area contributed by atoms with E-state index in [4.69, 9.17) is 5.73 Å². The number of anilines is 1. The molecule has 21 heavy (non-hydrogen) atoms. The highest BCUT2D eigenvalue weighted by Gasteiger charge is 2.13. The van der Waals surface area contributed by atoms with E-state index in [1.807, 2.05) is 25.1 Å². The minimum Gasteiger partial charge on any atom is -0.478 e. The number of rotatable bonds is 3. The van der Waals surface area contributed by atoms with Crippen LogP contribution in [0.2, 0.25) is 0 Å². The lowest BCUT2D eigenvalue weighted by Crippen LogP contribution is -2.00. The second-order valence-electron chi connectivity index (χ2n) is 4.73. The Morgan fingerprint density at radius 3 is 2.86 bits per heavy atom. The Morgan fingerprint density at radius 1 is 1.29 bits per heavy atom. The Morgan fingerprint density at radius 2 is 2.10 bits per heavy atom. The van der Waals surface area contributed by atoms with Crippen LogP contribution in [0, 0.1) is 6.92 Å². The topological polar surface area (TPSA) is 92.0 Å². The largest absolute Gasteiger partial charge is 0.478 e. The molecule has 0 saturated carbocycles. The van der Waals surface area contributed by atoms with Gasteiger partial charge < -0.3 is 15.8 Å². The molecule has 0 spiro atoms. The summed E-state index contributed by atoms with van der Waals surface area (Å²) in [4.78, 5) is 19.5. The number of nitrogens with two attached hydrogens (primary N) is 1. The number of aryl methyl sites for hydroxylation is 1. The number of carboxylic acids is 1. The van der Waals surface area contributed by atoms with Crippen LogP contribution in [0.4, 0.5) is 5.69 Å². The number of aromatic amines is 1. The number of aromatic nitrogens is 2. The molecule has 0 radical (unpaired) electrons. The number of hydrogen-bond donors (Lipinski definition) is 3. The van der Waals surface area contributed by atoms with E-state index in [0.717, 1.165) is 16.6 Å². The third-order valence-electron chi connectivity index (χ3n) is 3.06. The highest BCUT2D eigenvalue weighted by atomic mass is 32.2. The van der Waals surface area contributed by atoms with Crippen LogP contribution in [-0.2, 0) is 0 Å². The number of benzene rings is 2. The maximum absolute atomic E-state index is 11.3. The second kappa shape index (κ2) is 5.14. The number of carboxylic acid groups (broad SMARTS) is 1. The third-order valence-corrected chi connectivity index (χ3v) is 4.02. The van der Waals surface area contributed by atoms with Crippen LogP contribution in [-0.4, -0.2) is 21.0 Å². The summed E-state index contributed by atoms with van der Waals surface area (Å²) in [6.45, 7) is 2.01. The molecular weight excluding hydrogens is 286 g/mol. The number of nitrogen functional groups attached to an aromatic ring is 1. The highest BCUT2D eigenvalue weighted by Crippen LogP contribution is 2.31. The summed E-state index contributed by atoms with van der Waals surface area (Å²) in [5.74, 6) is -1.00. The molecule has 3 rings (SSSR count). The molecule has 4 N–H and O–H groups in total. The molecule has 0 aliphatic rings. The van der Waals surface area contributed by atoms with Gasteiger partial charge in [-0.05, 0) is 42.8 Å². The van der Waals surface area contributed by atoms with Crippen LogP contribution in [0.1, 0.15) is 15.9 Å². The van der Waals surface area contributed by atoms with Gasteiger partial charge >= 0.3 is 5.97 Å². The van der Waals surface area contributed by atoms with Gasteiger partial charge in [-0.15, -0.1) is 0 Å². The maximum Gasteiger partial charge on any atom is 0.336 e. The van der Waals surface area contributed by atoms with E-state index in [9.17, 15) is 9.90 Å². The molecule has 0 unspecified atom stereocenters. The zero-order valence-electron chi connectivity index (χ0n) is 11.3. The summed E-state index contributed by atoms with van der Waals surface area (Å²) in [5, 5.41) is 9.90. The van der Waals surface area contributed by atoms with Gasteiger partial charge in [0.15, 0.2) is 5.16 Å². The molecule has 1 heterocycles. The van der Waals surface area contributed by atoms with Crippen LogP contribution in [0.15, 0.2) is 46.5 Å². The molecule has 6 heteroatoms. The first kappa shape index (κ1) is 13.5. The van der Waals surface area contributed by atoms with Crippen molar-refractivity contribution in [1.29, 1.82) is 0 Å². The number of aromatic carboxylic acids is 1. The van der Waals surface area contributed by atoms with Gasteiger partial charge in [0.25, 0.3) is 0 Å². The molecule has 1 aromatic heterocycles. The van der Waals surface area contributed by atoms with Gasteiger partial charge in [0.05, 0.1) is 16.6 Å². The Hall–Kier alpha value is -2.47. The Kier molecular flexibility index (Phi) is 3.31. The number of imidazole rings is 1. The Bertz CT molecular complexity index is 842. The summed E-state index contributed by atoms with van der Waals surface area (Å²) >= 11 is 1.28. The number of H-pyrrole nitrogens is 1. The van der Waals surface area contributed by atoms with Crippen molar-refractivity contribution in [1.82, 2.24) is 9.97 Å². The molecular formula is C15H13N3O2S. The lowest BCUT2D eigenvalue weighted by Gasteiger charge is -2.04. The van der Waals surface area contributed by atoms with E-state index in [2.05, 4.69) is 9.97 Å². The van der Waals surface area contributed by atoms with Gasteiger partial charge in [0.2, 0.25) is 0 Å². The molecule has 0 fully saturated rings. The maximum atomic E-state index is 11.3. The summed E-state index contributed by atoms with van der Waals surface area (Å²) in [5.41, 5.74) is 9.18. The molecule has 106 valence electrons. The molecule has 5 nitrogen and oxygen atoms in total. The quantitative estimate of drug-likeness (QED) is 0.645. The number of hydrogen-bond acceptors (Lipinski definition) is 4. The van der Waals surface area contributed by atoms with Crippen LogP contribution in [0.5, 0.6) is 0 Å². The lowest BCUT2D eigenvalue weighted by molar-refractivity contribution is 0.0693. The fraction of sp³-hybridized carbons (Fsp3) is 0.0667. The number of nitrogens with zero attached hydrogens (tertiary/aromatic N) is 1.